The molecule has 0 heterocycles. The average Bonchev–Trinajstić information content (AvgIpc) is 2.52. The number of ether oxygens (including phenoxy) is 1. The molecule has 1 rings (SSSR count). The molecule has 0 amide bonds. The third-order valence-corrected chi connectivity index (χ3v) is 3.64. The van der Waals surface area contributed by atoms with E-state index in [4.69, 9.17) is 17.0 Å². The first-order valence-electron chi connectivity index (χ1n) is 4.03. The first-order valence-corrected chi connectivity index (χ1v) is 5.43. The highest BCUT2D eigenvalue weighted by Crippen LogP contribution is 2.28. The van der Waals surface area contributed by atoms with Gasteiger partial charge in [-0.1, -0.05) is 24.6 Å². The van der Waals surface area contributed by atoms with Gasteiger partial charge in [0.05, 0.1) is 7.11 Å². The molecular weight excluding hydrogens is 176 g/mol. The van der Waals surface area contributed by atoms with Crippen LogP contribution in [-0.2, 0) is 4.74 Å². The van der Waals surface area contributed by atoms with Crippen molar-refractivity contribution < 1.29 is 4.74 Å². The quantitative estimate of drug-likeness (QED) is 0.620. The second kappa shape index (κ2) is 4.99. The van der Waals surface area contributed by atoms with Gasteiger partial charge in [0.25, 0.3) is 0 Å². The van der Waals surface area contributed by atoms with Crippen molar-refractivity contribution in [1.29, 1.82) is 0 Å². The van der Waals surface area contributed by atoms with Gasteiger partial charge >= 0.3 is 0 Å². The van der Waals surface area contributed by atoms with Crippen LogP contribution in [0.3, 0.4) is 0 Å². The van der Waals surface area contributed by atoms with Gasteiger partial charge in [-0.25, -0.2) is 0 Å². The van der Waals surface area contributed by atoms with Crippen LogP contribution in [0.15, 0.2) is 0 Å². The van der Waals surface area contributed by atoms with Crippen molar-refractivity contribution in [3.63, 3.8) is 0 Å². The maximum Gasteiger partial charge on any atom is 0.219 e. The fraction of sp³-hybridized carbons (Fsp3) is 0.875. The number of hydrogen-bond donors (Lipinski definition) is 0. The van der Waals surface area contributed by atoms with Crippen LogP contribution in [-0.4, -0.2) is 17.2 Å². The van der Waals surface area contributed by atoms with Gasteiger partial charge in [0, 0.05) is 5.75 Å². The van der Waals surface area contributed by atoms with Crippen molar-refractivity contribution in [3.8, 4) is 0 Å². The van der Waals surface area contributed by atoms with E-state index in [1.54, 1.807) is 18.9 Å². The summed E-state index contributed by atoms with van der Waals surface area (Å²) in [5.74, 6) is 2.06. The molecule has 1 aliphatic rings. The maximum atomic E-state index is 4.93. The van der Waals surface area contributed by atoms with Crippen molar-refractivity contribution in [2.45, 2.75) is 25.7 Å². The fourth-order valence-corrected chi connectivity index (χ4v) is 2.45. The summed E-state index contributed by atoms with van der Waals surface area (Å²) in [7, 11) is 1.64. The second-order valence-electron chi connectivity index (χ2n) is 2.92. The molecule has 64 valence electrons. The normalized spacial score (nSPS) is 18.6. The summed E-state index contributed by atoms with van der Waals surface area (Å²) in [4.78, 5) is 0. The molecule has 1 aliphatic carbocycles. The highest BCUT2D eigenvalue weighted by atomic mass is 32.2. The van der Waals surface area contributed by atoms with Gasteiger partial charge in [0.1, 0.15) is 0 Å². The molecule has 0 spiro atoms. The number of hydrogen-bond acceptors (Lipinski definition) is 3. The monoisotopic (exact) mass is 190 g/mol. The van der Waals surface area contributed by atoms with E-state index < -0.39 is 0 Å². The summed E-state index contributed by atoms with van der Waals surface area (Å²) in [5, 5.41) is 0. The molecule has 0 atom stereocenters. The minimum atomic E-state index is 0.692. The van der Waals surface area contributed by atoms with Crippen LogP contribution in [0.1, 0.15) is 25.7 Å². The van der Waals surface area contributed by atoms with E-state index >= 15 is 0 Å². The second-order valence-corrected chi connectivity index (χ2v) is 4.54. The van der Waals surface area contributed by atoms with Crippen molar-refractivity contribution >= 4 is 28.4 Å². The van der Waals surface area contributed by atoms with Crippen LogP contribution in [0.2, 0.25) is 0 Å². The zero-order chi connectivity index (χ0) is 8.10. The first-order chi connectivity index (χ1) is 5.33. The number of thiocarbonyl (C=S) groups is 1. The molecule has 0 aromatic heterocycles. The maximum absolute atomic E-state index is 4.93. The topological polar surface area (TPSA) is 9.23 Å². The van der Waals surface area contributed by atoms with Crippen molar-refractivity contribution in [1.82, 2.24) is 0 Å². The summed E-state index contributed by atoms with van der Waals surface area (Å²) in [6.07, 6.45) is 5.59. The van der Waals surface area contributed by atoms with E-state index in [2.05, 4.69) is 0 Å². The van der Waals surface area contributed by atoms with Gasteiger partial charge in [-0.2, -0.15) is 0 Å². The van der Waals surface area contributed by atoms with Crippen LogP contribution < -0.4 is 0 Å². The van der Waals surface area contributed by atoms with E-state index in [0.717, 1.165) is 11.7 Å². The van der Waals surface area contributed by atoms with Crippen LogP contribution in [0.4, 0.5) is 0 Å². The van der Waals surface area contributed by atoms with Gasteiger partial charge < -0.3 is 4.74 Å². The molecule has 11 heavy (non-hydrogen) atoms. The largest absolute Gasteiger partial charge is 0.482 e. The molecule has 1 saturated carbocycles. The molecule has 1 fully saturated rings. The Morgan fingerprint density at radius 2 is 2.18 bits per heavy atom. The standard InChI is InChI=1S/C8H14OS2/c1-9-8(10)11-6-7-4-2-3-5-7/h7H,2-6H2,1H3. The Balaban J connectivity index is 2.06. The van der Waals surface area contributed by atoms with E-state index in [0.29, 0.717) is 4.38 Å². The molecular formula is C8H14OS2. The fourth-order valence-electron chi connectivity index (χ4n) is 1.42. The molecule has 0 N–H and O–H groups in total. The third-order valence-electron chi connectivity index (χ3n) is 2.08. The summed E-state index contributed by atoms with van der Waals surface area (Å²) < 4.78 is 5.60. The lowest BCUT2D eigenvalue weighted by molar-refractivity contribution is 0.426. The Labute approximate surface area is 77.9 Å². The molecule has 0 unspecified atom stereocenters. The van der Waals surface area contributed by atoms with Gasteiger partial charge in [-0.3, -0.25) is 0 Å². The van der Waals surface area contributed by atoms with Crippen LogP contribution in [0.25, 0.3) is 0 Å². The molecule has 0 bridgehead atoms. The van der Waals surface area contributed by atoms with E-state index in [9.17, 15) is 0 Å². The van der Waals surface area contributed by atoms with Crippen LogP contribution >= 0.6 is 24.0 Å². The lowest BCUT2D eigenvalue weighted by Crippen LogP contribution is -2.00. The molecule has 0 saturated heterocycles. The van der Waals surface area contributed by atoms with Gasteiger partial charge in [0.15, 0.2) is 0 Å². The van der Waals surface area contributed by atoms with E-state index in [1.807, 2.05) is 0 Å². The van der Waals surface area contributed by atoms with Gasteiger partial charge in [-0.15, -0.1) is 0 Å². The van der Waals surface area contributed by atoms with Crippen molar-refractivity contribution in [2.24, 2.45) is 5.92 Å². The molecule has 0 aromatic rings. The number of rotatable bonds is 2. The first kappa shape index (κ1) is 9.33. The van der Waals surface area contributed by atoms with Crippen LogP contribution in [0.5, 0.6) is 0 Å². The molecule has 3 heteroatoms. The minimum Gasteiger partial charge on any atom is -0.482 e. The molecule has 1 nitrogen and oxygen atoms in total. The van der Waals surface area contributed by atoms with E-state index in [1.165, 1.54) is 25.7 Å². The lowest BCUT2D eigenvalue weighted by Gasteiger charge is -2.07. The summed E-state index contributed by atoms with van der Waals surface area (Å²) in [6, 6.07) is 0. The smallest absolute Gasteiger partial charge is 0.219 e. The van der Waals surface area contributed by atoms with Crippen molar-refractivity contribution in [3.05, 3.63) is 0 Å². The molecule has 0 aromatic carbocycles. The summed E-state index contributed by atoms with van der Waals surface area (Å²) >= 11 is 6.61. The molecule has 0 radical (unpaired) electrons. The third kappa shape index (κ3) is 3.43. The SMILES string of the molecule is COC(=S)SCC1CCCC1. The van der Waals surface area contributed by atoms with Gasteiger partial charge in [-0.05, 0) is 31.0 Å². The van der Waals surface area contributed by atoms with E-state index in [-0.39, 0.29) is 0 Å². The Morgan fingerprint density at radius 3 is 2.73 bits per heavy atom. The Kier molecular flexibility index (Phi) is 4.23. The number of thioether (sulfide) groups is 1. The molecule has 0 aliphatic heterocycles. The summed E-state index contributed by atoms with van der Waals surface area (Å²) in [6.45, 7) is 0. The Hall–Kier alpha value is 0.240. The van der Waals surface area contributed by atoms with Crippen molar-refractivity contribution in [2.75, 3.05) is 12.9 Å². The highest BCUT2D eigenvalue weighted by molar-refractivity contribution is 8.22. The Bertz CT molecular complexity index is 130. The minimum absolute atomic E-state index is 0.692. The zero-order valence-electron chi connectivity index (χ0n) is 6.84. The predicted octanol–water partition coefficient (Wildman–Crippen LogP) is 2.84. The van der Waals surface area contributed by atoms with Crippen LogP contribution in [0, 0.1) is 5.92 Å². The summed E-state index contributed by atoms with van der Waals surface area (Å²) in [5.41, 5.74) is 0. The van der Waals surface area contributed by atoms with Gasteiger partial charge in [0.2, 0.25) is 4.38 Å². The zero-order valence-corrected chi connectivity index (χ0v) is 8.47. The average molecular weight is 190 g/mol. The number of methoxy groups -OCH3 is 1. The Morgan fingerprint density at radius 1 is 1.55 bits per heavy atom. The lowest BCUT2D eigenvalue weighted by atomic mass is 10.1. The predicted molar refractivity (Wildman–Crippen MR) is 54.0 cm³/mol. The highest BCUT2D eigenvalue weighted by Gasteiger charge is 2.15.